The summed E-state index contributed by atoms with van der Waals surface area (Å²) in [6.45, 7) is 1.99. The van der Waals surface area contributed by atoms with Crippen molar-refractivity contribution in [3.05, 3.63) is 46.5 Å². The maximum atomic E-state index is 11.4. The molecular weight excluding hydrogens is 286 g/mol. The van der Waals surface area contributed by atoms with E-state index in [4.69, 9.17) is 10.9 Å². The van der Waals surface area contributed by atoms with Gasteiger partial charge in [-0.3, -0.25) is 5.10 Å². The number of H-pyrrole nitrogens is 1. The summed E-state index contributed by atoms with van der Waals surface area (Å²) < 4.78 is 11.4. The molecule has 2 aromatic rings. The van der Waals surface area contributed by atoms with Crippen molar-refractivity contribution in [3.63, 3.8) is 0 Å². The van der Waals surface area contributed by atoms with E-state index in [0.717, 1.165) is 22.4 Å². The Morgan fingerprint density at radius 3 is 2.90 bits per heavy atom. The predicted molar refractivity (Wildman–Crippen MR) is 85.1 cm³/mol. The van der Waals surface area contributed by atoms with Crippen LogP contribution in [0.3, 0.4) is 0 Å². The highest BCUT2D eigenvalue weighted by molar-refractivity contribution is 7.86. The Bertz CT molecular complexity index is 831. The van der Waals surface area contributed by atoms with Crippen LogP contribution in [0.2, 0.25) is 0 Å². The second-order valence-electron chi connectivity index (χ2n) is 4.80. The van der Waals surface area contributed by atoms with Gasteiger partial charge in [-0.1, -0.05) is 12.2 Å². The summed E-state index contributed by atoms with van der Waals surface area (Å²) in [5, 5.41) is 12.2. The molecule has 21 heavy (non-hydrogen) atoms. The van der Waals surface area contributed by atoms with Crippen LogP contribution >= 0.6 is 0 Å². The molecule has 0 aromatic carbocycles. The molecule has 0 aliphatic heterocycles. The summed E-state index contributed by atoms with van der Waals surface area (Å²) in [5.74, 6) is 0.377. The predicted octanol–water partition coefficient (Wildman–Crippen LogP) is 1.78. The number of pyridine rings is 1. The average Bonchev–Trinajstić information content (AvgIpc) is 2.71. The molecule has 0 fully saturated rings. The fourth-order valence-electron chi connectivity index (χ4n) is 2.24. The minimum atomic E-state index is -1.45. The van der Waals surface area contributed by atoms with Crippen molar-refractivity contribution in [3.8, 4) is 0 Å². The number of hydrogen-bond donors (Lipinski definition) is 3. The molecule has 0 radical (unpaired) electrons. The number of nitrogens with zero attached hydrogens (tertiary/aromatic N) is 2. The zero-order valence-corrected chi connectivity index (χ0v) is 12.3. The van der Waals surface area contributed by atoms with Gasteiger partial charge in [0.15, 0.2) is 5.82 Å². The summed E-state index contributed by atoms with van der Waals surface area (Å²) in [6, 6.07) is 3.80. The van der Waals surface area contributed by atoms with E-state index >= 15 is 0 Å². The first-order chi connectivity index (χ1) is 10.1. The molecular formula is C14H15N5OS. The van der Waals surface area contributed by atoms with Crippen molar-refractivity contribution in [2.75, 3.05) is 5.73 Å². The van der Waals surface area contributed by atoms with Gasteiger partial charge in [0, 0.05) is 16.9 Å². The van der Waals surface area contributed by atoms with Gasteiger partial charge in [-0.15, -0.1) is 0 Å². The summed E-state index contributed by atoms with van der Waals surface area (Å²) in [7, 11) is -1.45. The van der Waals surface area contributed by atoms with Crippen LogP contribution in [0.25, 0.3) is 16.6 Å². The van der Waals surface area contributed by atoms with Gasteiger partial charge in [-0.2, -0.15) is 5.10 Å². The number of aromatic amines is 1. The fourth-order valence-corrected chi connectivity index (χ4v) is 2.69. The van der Waals surface area contributed by atoms with Crippen LogP contribution in [-0.4, -0.2) is 19.4 Å². The van der Waals surface area contributed by atoms with Crippen LogP contribution in [0, 0.1) is 0 Å². The Morgan fingerprint density at radius 1 is 1.33 bits per heavy atom. The zero-order valence-electron chi connectivity index (χ0n) is 11.5. The van der Waals surface area contributed by atoms with E-state index < -0.39 is 11.0 Å². The van der Waals surface area contributed by atoms with Gasteiger partial charge in [-0.05, 0) is 30.7 Å². The molecule has 0 saturated carbocycles. The molecule has 1 atom stereocenters. The minimum Gasteiger partial charge on any atom is -0.380 e. The lowest BCUT2D eigenvalue weighted by atomic mass is 10.0. The van der Waals surface area contributed by atoms with E-state index in [0.29, 0.717) is 22.7 Å². The molecule has 6 nitrogen and oxygen atoms in total. The monoisotopic (exact) mass is 301 g/mol. The molecule has 2 aromatic heterocycles. The number of anilines is 1. The van der Waals surface area contributed by atoms with Gasteiger partial charge in [0.05, 0.1) is 11.2 Å². The molecule has 0 saturated heterocycles. The van der Waals surface area contributed by atoms with Gasteiger partial charge < -0.3 is 5.73 Å². The number of rotatable bonds is 2. The number of aromatic nitrogens is 3. The van der Waals surface area contributed by atoms with E-state index in [9.17, 15) is 4.21 Å². The Morgan fingerprint density at radius 2 is 2.14 bits per heavy atom. The molecule has 2 heterocycles. The molecule has 0 bridgehead atoms. The molecule has 5 N–H and O–H groups in total. The highest BCUT2D eigenvalue weighted by Crippen LogP contribution is 2.28. The molecule has 3 rings (SSSR count). The van der Waals surface area contributed by atoms with Crippen LogP contribution in [0.15, 0.2) is 40.8 Å². The Hall–Kier alpha value is -2.25. The van der Waals surface area contributed by atoms with Crippen LogP contribution in [-0.2, 0) is 11.0 Å². The standard InChI is InChI=1S/C14H15N5OS/c1-8-2-3-9(21(16)20)4-5-10(8)11-6-7-12-13(17-11)14(15)19-18-12/h2,4-7H,3,16H2,1H3,(H3,15,18,19). The molecule has 0 amide bonds. The molecule has 1 aliphatic carbocycles. The van der Waals surface area contributed by atoms with Crippen LogP contribution < -0.4 is 10.9 Å². The highest BCUT2D eigenvalue weighted by Gasteiger charge is 2.12. The van der Waals surface area contributed by atoms with Crippen LogP contribution in [0.4, 0.5) is 5.82 Å². The van der Waals surface area contributed by atoms with Crippen molar-refractivity contribution in [1.82, 2.24) is 15.2 Å². The molecule has 7 heteroatoms. The lowest BCUT2D eigenvalue weighted by Crippen LogP contribution is -2.04. The number of nitrogens with two attached hydrogens (primary N) is 2. The first-order valence-electron chi connectivity index (χ1n) is 6.41. The quantitative estimate of drug-likeness (QED) is 0.785. The summed E-state index contributed by atoms with van der Waals surface area (Å²) in [5.41, 5.74) is 10.1. The van der Waals surface area contributed by atoms with Gasteiger partial charge in [0.25, 0.3) is 0 Å². The van der Waals surface area contributed by atoms with Gasteiger partial charge in [0.1, 0.15) is 16.5 Å². The Kier molecular flexibility index (Phi) is 3.44. The number of nitrogen functional groups attached to an aromatic ring is 1. The second kappa shape index (κ2) is 5.27. The molecule has 1 unspecified atom stereocenters. The van der Waals surface area contributed by atoms with Crippen LogP contribution in [0.5, 0.6) is 0 Å². The van der Waals surface area contributed by atoms with Crippen molar-refractivity contribution in [1.29, 1.82) is 0 Å². The largest absolute Gasteiger partial charge is 0.380 e. The maximum Gasteiger partial charge on any atom is 0.171 e. The van der Waals surface area contributed by atoms with E-state index in [1.54, 1.807) is 6.08 Å². The summed E-state index contributed by atoms with van der Waals surface area (Å²) in [4.78, 5) is 5.24. The normalized spacial score (nSPS) is 17.0. The lowest BCUT2D eigenvalue weighted by Gasteiger charge is -2.06. The SMILES string of the molecule is CC1=CCC(S(N)=O)=CC=C1c1ccc2[nH]nc(N)c2n1. The Labute approximate surface area is 124 Å². The van der Waals surface area contributed by atoms with Crippen molar-refractivity contribution in [2.45, 2.75) is 13.3 Å². The third-order valence-electron chi connectivity index (χ3n) is 3.44. The first-order valence-corrected chi connectivity index (χ1v) is 7.62. The lowest BCUT2D eigenvalue weighted by molar-refractivity contribution is 0.687. The van der Waals surface area contributed by atoms with E-state index in [-0.39, 0.29) is 0 Å². The van der Waals surface area contributed by atoms with Crippen molar-refractivity contribution < 1.29 is 4.21 Å². The maximum absolute atomic E-state index is 11.4. The summed E-state index contributed by atoms with van der Waals surface area (Å²) >= 11 is 0. The molecule has 108 valence electrons. The third kappa shape index (κ3) is 2.53. The molecule has 1 aliphatic rings. The van der Waals surface area contributed by atoms with Crippen molar-refractivity contribution >= 4 is 33.4 Å². The Balaban J connectivity index is 2.11. The van der Waals surface area contributed by atoms with Crippen LogP contribution in [0.1, 0.15) is 19.0 Å². The zero-order chi connectivity index (χ0) is 15.0. The number of fused-ring (bicyclic) bond motifs is 1. The van der Waals surface area contributed by atoms with Gasteiger partial charge in [-0.25, -0.2) is 14.3 Å². The van der Waals surface area contributed by atoms with E-state index in [2.05, 4.69) is 15.2 Å². The van der Waals surface area contributed by atoms with E-state index in [1.165, 1.54) is 0 Å². The number of allylic oxidation sites excluding steroid dienone is 6. The minimum absolute atomic E-state index is 0.377. The van der Waals surface area contributed by atoms with Gasteiger partial charge >= 0.3 is 0 Å². The topological polar surface area (TPSA) is 111 Å². The first kappa shape index (κ1) is 13.7. The van der Waals surface area contributed by atoms with Gasteiger partial charge in [0.2, 0.25) is 0 Å². The third-order valence-corrected chi connectivity index (χ3v) is 4.26. The summed E-state index contributed by atoms with van der Waals surface area (Å²) in [6.07, 6.45) is 6.26. The highest BCUT2D eigenvalue weighted by atomic mass is 32.2. The fraction of sp³-hybridized carbons (Fsp3) is 0.143. The second-order valence-corrected chi connectivity index (χ2v) is 5.92. The molecule has 0 spiro atoms. The van der Waals surface area contributed by atoms with Crippen molar-refractivity contribution in [2.24, 2.45) is 5.14 Å². The number of hydrogen-bond acceptors (Lipinski definition) is 4. The van der Waals surface area contributed by atoms with E-state index in [1.807, 2.05) is 31.2 Å². The number of nitrogens with one attached hydrogen (secondary N) is 1. The average molecular weight is 301 g/mol. The smallest absolute Gasteiger partial charge is 0.171 e.